The topological polar surface area (TPSA) is 21.6 Å². The highest BCUT2D eigenvalue weighted by atomic mass is 19.4. The number of halogens is 5. The van der Waals surface area contributed by atoms with E-state index in [1.165, 1.54) is 31.4 Å². The third-order valence-corrected chi connectivity index (χ3v) is 2.18. The smallest absolute Gasteiger partial charge is 0.459 e. The highest BCUT2D eigenvalue weighted by molar-refractivity contribution is 5.91. The van der Waals surface area contributed by atoms with Gasteiger partial charge in [-0.3, -0.25) is 4.99 Å². The molecule has 0 amide bonds. The second kappa shape index (κ2) is 4.91. The van der Waals surface area contributed by atoms with E-state index >= 15 is 0 Å². The Kier molecular flexibility index (Phi) is 3.93. The van der Waals surface area contributed by atoms with Gasteiger partial charge in [-0.2, -0.15) is 22.0 Å². The first-order valence-electron chi connectivity index (χ1n) is 4.83. The second-order valence-electron chi connectivity index (χ2n) is 3.47. The van der Waals surface area contributed by atoms with Crippen molar-refractivity contribution in [2.45, 2.75) is 19.0 Å². The van der Waals surface area contributed by atoms with E-state index < -0.39 is 17.8 Å². The van der Waals surface area contributed by atoms with Crippen LogP contribution in [0, 0.1) is 0 Å². The van der Waals surface area contributed by atoms with Gasteiger partial charge in [-0.15, -0.1) is 0 Å². The van der Waals surface area contributed by atoms with E-state index in [-0.39, 0.29) is 5.69 Å². The van der Waals surface area contributed by atoms with Crippen LogP contribution in [0.1, 0.15) is 6.92 Å². The normalized spacial score (nSPS) is 13.6. The number of hydrogen-bond acceptors (Lipinski definition) is 2. The molecule has 0 bridgehead atoms. The number of rotatable bonds is 3. The predicted molar refractivity (Wildman–Crippen MR) is 56.8 cm³/mol. The van der Waals surface area contributed by atoms with Crippen LogP contribution >= 0.6 is 0 Å². The Morgan fingerprint density at radius 1 is 1.06 bits per heavy atom. The Hall–Kier alpha value is -1.66. The molecule has 2 nitrogen and oxygen atoms in total. The van der Waals surface area contributed by atoms with Gasteiger partial charge in [0.15, 0.2) is 0 Å². The highest BCUT2D eigenvalue weighted by Gasteiger charge is 2.59. The quantitative estimate of drug-likeness (QED) is 0.599. The lowest BCUT2D eigenvalue weighted by Crippen LogP contribution is -2.42. The number of ether oxygens (including phenoxy) is 1. The molecular formula is C11H10F5NO. The summed E-state index contributed by atoms with van der Waals surface area (Å²) < 4.78 is 66.7. The van der Waals surface area contributed by atoms with Crippen molar-refractivity contribution in [3.63, 3.8) is 0 Å². The zero-order valence-corrected chi connectivity index (χ0v) is 9.55. The largest absolute Gasteiger partial charge is 0.497 e. The zero-order valence-electron chi connectivity index (χ0n) is 9.55. The fourth-order valence-corrected chi connectivity index (χ4v) is 1.13. The van der Waals surface area contributed by atoms with Gasteiger partial charge in [0, 0.05) is 0 Å². The molecule has 1 aromatic carbocycles. The Morgan fingerprint density at radius 3 is 1.94 bits per heavy atom. The highest BCUT2D eigenvalue weighted by Crippen LogP contribution is 2.37. The van der Waals surface area contributed by atoms with E-state index in [1.807, 2.05) is 0 Å². The van der Waals surface area contributed by atoms with Crippen LogP contribution in [0.25, 0.3) is 0 Å². The van der Waals surface area contributed by atoms with Gasteiger partial charge in [-0.05, 0) is 31.2 Å². The molecule has 100 valence electrons. The molecule has 0 unspecified atom stereocenters. The van der Waals surface area contributed by atoms with Crippen molar-refractivity contribution < 1.29 is 26.7 Å². The van der Waals surface area contributed by atoms with E-state index in [0.29, 0.717) is 12.7 Å². The first kappa shape index (κ1) is 14.4. The van der Waals surface area contributed by atoms with Gasteiger partial charge < -0.3 is 4.74 Å². The number of nitrogens with zero attached hydrogens (tertiary/aromatic N) is 1. The van der Waals surface area contributed by atoms with Crippen LogP contribution in [0.3, 0.4) is 0 Å². The Bertz CT molecular complexity index is 436. The first-order chi connectivity index (χ1) is 8.18. The number of benzene rings is 1. The van der Waals surface area contributed by atoms with Gasteiger partial charge in [0.25, 0.3) is 0 Å². The lowest BCUT2D eigenvalue weighted by molar-refractivity contribution is -0.249. The molecule has 0 aliphatic heterocycles. The second-order valence-corrected chi connectivity index (χ2v) is 3.47. The number of methoxy groups -OCH3 is 1. The maximum atomic E-state index is 12.9. The van der Waals surface area contributed by atoms with E-state index in [4.69, 9.17) is 4.74 Å². The molecule has 0 N–H and O–H groups in total. The molecule has 0 aromatic heterocycles. The molecule has 0 aliphatic rings. The maximum Gasteiger partial charge on any atom is 0.459 e. The fraction of sp³-hybridized carbons (Fsp3) is 0.364. The summed E-state index contributed by atoms with van der Waals surface area (Å²) in [7, 11) is 1.40. The van der Waals surface area contributed by atoms with Gasteiger partial charge in [0.1, 0.15) is 5.75 Å². The molecule has 0 saturated heterocycles. The predicted octanol–water partition coefficient (Wildman–Crippen LogP) is 3.99. The maximum absolute atomic E-state index is 12.9. The molecule has 1 rings (SSSR count). The summed E-state index contributed by atoms with van der Waals surface area (Å²) in [6.07, 6.45) is -5.65. The Balaban J connectivity index is 3.01. The van der Waals surface area contributed by atoms with Gasteiger partial charge in [0.05, 0.1) is 18.5 Å². The molecule has 0 atom stereocenters. The first-order valence-corrected chi connectivity index (χ1v) is 4.83. The molecular weight excluding hydrogens is 257 g/mol. The lowest BCUT2D eigenvalue weighted by Gasteiger charge is -2.19. The van der Waals surface area contributed by atoms with Gasteiger partial charge in [-0.25, -0.2) is 0 Å². The van der Waals surface area contributed by atoms with E-state index in [9.17, 15) is 22.0 Å². The van der Waals surface area contributed by atoms with Crippen LogP contribution in [-0.4, -0.2) is 24.9 Å². The molecule has 7 heteroatoms. The molecule has 1 aromatic rings. The van der Waals surface area contributed by atoms with Crippen LogP contribution in [0.2, 0.25) is 0 Å². The molecule has 0 fully saturated rings. The van der Waals surface area contributed by atoms with E-state index in [2.05, 4.69) is 4.99 Å². The summed E-state index contributed by atoms with van der Waals surface area (Å²) in [5.74, 6) is -4.48. The minimum Gasteiger partial charge on any atom is -0.497 e. The van der Waals surface area contributed by atoms with Crippen LogP contribution in [-0.2, 0) is 0 Å². The van der Waals surface area contributed by atoms with E-state index in [1.54, 1.807) is 0 Å². The average molecular weight is 267 g/mol. The average Bonchev–Trinajstić information content (AvgIpc) is 2.28. The molecule has 0 spiro atoms. The monoisotopic (exact) mass is 267 g/mol. The Labute approximate surface area is 100 Å². The van der Waals surface area contributed by atoms with Crippen molar-refractivity contribution in [2.75, 3.05) is 7.11 Å². The standard InChI is InChI=1S/C11H10F5NO/c1-7(10(12,13)11(14,15)16)17-8-3-5-9(18-2)6-4-8/h3-6H,1-2H3. The number of alkyl halides is 5. The van der Waals surface area contributed by atoms with Crippen molar-refractivity contribution >= 4 is 11.4 Å². The third kappa shape index (κ3) is 2.96. The van der Waals surface area contributed by atoms with Crippen molar-refractivity contribution in [1.82, 2.24) is 0 Å². The molecule has 18 heavy (non-hydrogen) atoms. The van der Waals surface area contributed by atoms with Crippen molar-refractivity contribution in [2.24, 2.45) is 4.99 Å². The van der Waals surface area contributed by atoms with Gasteiger partial charge in [0.2, 0.25) is 0 Å². The number of hydrogen-bond donors (Lipinski definition) is 0. The lowest BCUT2D eigenvalue weighted by atomic mass is 10.2. The third-order valence-electron chi connectivity index (χ3n) is 2.18. The van der Waals surface area contributed by atoms with Crippen LogP contribution in [0.5, 0.6) is 5.75 Å². The van der Waals surface area contributed by atoms with Crippen LogP contribution < -0.4 is 4.74 Å². The molecule has 0 heterocycles. The van der Waals surface area contributed by atoms with Crippen molar-refractivity contribution in [3.8, 4) is 5.75 Å². The summed E-state index contributed by atoms with van der Waals surface area (Å²) in [6, 6.07) is 5.40. The van der Waals surface area contributed by atoms with Crippen LogP contribution in [0.15, 0.2) is 29.3 Å². The minimum atomic E-state index is -5.65. The summed E-state index contributed by atoms with van der Waals surface area (Å²) in [4.78, 5) is 3.26. The van der Waals surface area contributed by atoms with Crippen molar-refractivity contribution in [1.29, 1.82) is 0 Å². The summed E-state index contributed by atoms with van der Waals surface area (Å²) >= 11 is 0. The zero-order chi connectivity index (χ0) is 14.0. The van der Waals surface area contributed by atoms with Crippen molar-refractivity contribution in [3.05, 3.63) is 24.3 Å². The summed E-state index contributed by atoms with van der Waals surface area (Å²) in [5.41, 5.74) is -1.31. The SMILES string of the molecule is COc1ccc(N=C(C)C(F)(F)C(F)(F)F)cc1. The molecule has 0 aliphatic carbocycles. The number of aliphatic imine (C=N–C) groups is 1. The molecule has 0 saturated carbocycles. The fourth-order valence-electron chi connectivity index (χ4n) is 1.13. The van der Waals surface area contributed by atoms with E-state index in [0.717, 1.165) is 0 Å². The Morgan fingerprint density at radius 2 is 1.56 bits per heavy atom. The van der Waals surface area contributed by atoms with Gasteiger partial charge in [-0.1, -0.05) is 0 Å². The molecule has 0 radical (unpaired) electrons. The van der Waals surface area contributed by atoms with Crippen LogP contribution in [0.4, 0.5) is 27.6 Å². The summed E-state index contributed by atoms with van der Waals surface area (Å²) in [6.45, 7) is 0.637. The minimum absolute atomic E-state index is 0.00257. The summed E-state index contributed by atoms with van der Waals surface area (Å²) in [5, 5.41) is 0. The van der Waals surface area contributed by atoms with Gasteiger partial charge >= 0.3 is 12.1 Å².